The van der Waals surface area contributed by atoms with E-state index in [1.807, 2.05) is 0 Å². The second-order valence-electron chi connectivity index (χ2n) is 7.20. The maximum Gasteiger partial charge on any atom is 0.270 e. The molecule has 2 aromatic heterocycles. The molecule has 0 aliphatic heterocycles. The fourth-order valence-electron chi connectivity index (χ4n) is 3.30. The lowest BCUT2D eigenvalue weighted by Gasteiger charge is -2.14. The summed E-state index contributed by atoms with van der Waals surface area (Å²) in [6.45, 7) is -0.419. The second kappa shape index (κ2) is 10.1. The topological polar surface area (TPSA) is 146 Å². The number of aromatic nitrogens is 1. The molecule has 35 heavy (non-hydrogen) atoms. The smallest absolute Gasteiger partial charge is 0.270 e. The van der Waals surface area contributed by atoms with Crippen molar-refractivity contribution in [3.05, 3.63) is 77.0 Å². The van der Waals surface area contributed by atoms with Crippen molar-refractivity contribution in [3.63, 3.8) is 0 Å². The normalized spacial score (nSPS) is 10.6. The second-order valence-corrected chi connectivity index (χ2v) is 7.61. The van der Waals surface area contributed by atoms with Crippen LogP contribution in [0.1, 0.15) is 20.7 Å². The maximum atomic E-state index is 13.0. The summed E-state index contributed by atoms with van der Waals surface area (Å²) in [5.41, 5.74) is 11.3. The number of amides is 3. The van der Waals surface area contributed by atoms with Gasteiger partial charge >= 0.3 is 0 Å². The van der Waals surface area contributed by atoms with Crippen LogP contribution in [0.4, 0.5) is 0 Å². The van der Waals surface area contributed by atoms with E-state index in [0.717, 1.165) is 0 Å². The largest absolute Gasteiger partial charge is 0.493 e. The van der Waals surface area contributed by atoms with Gasteiger partial charge in [0.25, 0.3) is 17.7 Å². The molecule has 0 saturated heterocycles. The van der Waals surface area contributed by atoms with Crippen LogP contribution in [0.2, 0.25) is 5.02 Å². The maximum absolute atomic E-state index is 13.0. The number of nitrogens with zero attached hydrogens (tertiary/aromatic N) is 1. The Morgan fingerprint density at radius 2 is 1.83 bits per heavy atom. The quantitative estimate of drug-likeness (QED) is 0.334. The molecule has 0 aliphatic carbocycles. The van der Waals surface area contributed by atoms with Crippen LogP contribution in [0.15, 0.2) is 65.3 Å². The van der Waals surface area contributed by atoms with Crippen LogP contribution in [0, 0.1) is 0 Å². The lowest BCUT2D eigenvalue weighted by Crippen LogP contribution is -2.41. The van der Waals surface area contributed by atoms with Gasteiger partial charge in [0.05, 0.1) is 29.5 Å². The van der Waals surface area contributed by atoms with E-state index in [9.17, 15) is 14.4 Å². The van der Waals surface area contributed by atoms with Gasteiger partial charge in [0.1, 0.15) is 5.69 Å². The number of para-hydroxylation sites is 1. The first-order chi connectivity index (χ1) is 16.9. The molecule has 0 spiro atoms. The van der Waals surface area contributed by atoms with Crippen LogP contribution in [0.5, 0.6) is 11.5 Å². The Morgan fingerprint density at radius 1 is 1.06 bits per heavy atom. The third-order valence-corrected chi connectivity index (χ3v) is 5.16. The summed E-state index contributed by atoms with van der Waals surface area (Å²) in [5.74, 6) is -1.27. The molecule has 4 rings (SSSR count). The van der Waals surface area contributed by atoms with Crippen LogP contribution in [0.25, 0.3) is 22.4 Å². The summed E-state index contributed by atoms with van der Waals surface area (Å²) in [6.07, 6.45) is 1.51. The molecule has 0 unspecified atom stereocenters. The average Bonchev–Trinajstić information content (AvgIpc) is 3.40. The molecular formula is C24H19ClN4O6. The van der Waals surface area contributed by atoms with Gasteiger partial charge < -0.3 is 19.6 Å². The van der Waals surface area contributed by atoms with Crippen LogP contribution < -0.4 is 26.1 Å². The van der Waals surface area contributed by atoms with E-state index in [-0.39, 0.29) is 27.6 Å². The van der Waals surface area contributed by atoms with Crippen LogP contribution in [-0.2, 0) is 4.79 Å². The first-order valence-electron chi connectivity index (χ1n) is 10.2. The highest BCUT2D eigenvalue weighted by atomic mass is 35.5. The molecule has 2 aromatic carbocycles. The molecule has 0 bridgehead atoms. The van der Waals surface area contributed by atoms with Crippen molar-refractivity contribution in [1.29, 1.82) is 0 Å². The highest BCUT2D eigenvalue weighted by Crippen LogP contribution is 2.36. The SMILES string of the molecule is COc1cc(C(=O)NNC(=O)c2cc(-c3ccco3)nc3ccccc23)cc(Cl)c1OCC(N)=O. The van der Waals surface area contributed by atoms with Crippen molar-refractivity contribution in [3.8, 4) is 23.0 Å². The zero-order valence-corrected chi connectivity index (χ0v) is 19.1. The molecule has 2 heterocycles. The Bertz CT molecular complexity index is 1420. The Balaban J connectivity index is 1.55. The summed E-state index contributed by atoms with van der Waals surface area (Å²) in [5, 5.41) is 0.612. The molecule has 0 atom stereocenters. The Morgan fingerprint density at radius 3 is 2.54 bits per heavy atom. The third-order valence-electron chi connectivity index (χ3n) is 4.87. The molecule has 0 fully saturated rings. The molecule has 4 aromatic rings. The van der Waals surface area contributed by atoms with Gasteiger partial charge in [-0.2, -0.15) is 0 Å². The van der Waals surface area contributed by atoms with E-state index in [4.69, 9.17) is 31.2 Å². The van der Waals surface area contributed by atoms with Crippen molar-refractivity contribution in [2.45, 2.75) is 0 Å². The van der Waals surface area contributed by atoms with Gasteiger partial charge in [0.2, 0.25) is 0 Å². The number of rotatable bonds is 7. The summed E-state index contributed by atoms with van der Waals surface area (Å²) >= 11 is 6.19. The number of pyridine rings is 1. The van der Waals surface area contributed by atoms with Crippen molar-refractivity contribution < 1.29 is 28.3 Å². The number of hydrazine groups is 1. The number of benzene rings is 2. The van der Waals surface area contributed by atoms with Gasteiger partial charge in [-0.25, -0.2) is 4.98 Å². The predicted molar refractivity (Wildman–Crippen MR) is 127 cm³/mol. The first-order valence-corrected chi connectivity index (χ1v) is 10.6. The lowest BCUT2D eigenvalue weighted by molar-refractivity contribution is -0.119. The minimum absolute atomic E-state index is 0.0188. The summed E-state index contributed by atoms with van der Waals surface area (Å²) in [6, 6.07) is 14.8. The Labute approximate surface area is 203 Å². The van der Waals surface area contributed by atoms with E-state index in [2.05, 4.69) is 15.8 Å². The molecular weight excluding hydrogens is 476 g/mol. The highest BCUT2D eigenvalue weighted by molar-refractivity contribution is 6.32. The fourth-order valence-corrected chi connectivity index (χ4v) is 3.57. The van der Waals surface area contributed by atoms with E-state index in [1.165, 1.54) is 25.5 Å². The highest BCUT2D eigenvalue weighted by Gasteiger charge is 2.19. The van der Waals surface area contributed by atoms with Crippen LogP contribution in [0.3, 0.4) is 0 Å². The number of hydrogen-bond donors (Lipinski definition) is 3. The molecule has 4 N–H and O–H groups in total. The minimum atomic E-state index is -0.702. The van der Waals surface area contributed by atoms with E-state index in [0.29, 0.717) is 22.4 Å². The van der Waals surface area contributed by atoms with Crippen LogP contribution in [-0.4, -0.2) is 36.4 Å². The third kappa shape index (κ3) is 5.17. The number of fused-ring (bicyclic) bond motifs is 1. The average molecular weight is 495 g/mol. The van der Waals surface area contributed by atoms with Gasteiger partial charge in [-0.15, -0.1) is 0 Å². The number of primary amides is 1. The monoisotopic (exact) mass is 494 g/mol. The zero-order chi connectivity index (χ0) is 24.9. The Hall–Kier alpha value is -4.57. The van der Waals surface area contributed by atoms with Crippen molar-refractivity contribution in [2.75, 3.05) is 13.7 Å². The molecule has 0 aliphatic rings. The van der Waals surface area contributed by atoms with Crippen molar-refractivity contribution in [2.24, 2.45) is 5.73 Å². The molecule has 178 valence electrons. The number of carbonyl (C=O) groups is 3. The Kier molecular flexibility index (Phi) is 6.83. The summed E-state index contributed by atoms with van der Waals surface area (Å²) in [7, 11) is 1.34. The molecule has 3 amide bonds. The van der Waals surface area contributed by atoms with Gasteiger partial charge in [0.15, 0.2) is 23.9 Å². The van der Waals surface area contributed by atoms with E-state index < -0.39 is 24.3 Å². The minimum Gasteiger partial charge on any atom is -0.493 e. The van der Waals surface area contributed by atoms with Gasteiger partial charge in [-0.1, -0.05) is 29.8 Å². The number of ether oxygens (including phenoxy) is 2. The number of carbonyl (C=O) groups excluding carboxylic acids is 3. The standard InChI is InChI=1S/C24H19ClN4O6/c1-33-20-10-13(9-16(25)22(20)35-12-21(26)30)23(31)28-29-24(32)15-11-18(19-7-4-8-34-19)27-17-6-3-2-5-14(15)17/h2-11H,12H2,1H3,(H2,26,30)(H,28,31)(H,29,32). The summed E-state index contributed by atoms with van der Waals surface area (Å²) in [4.78, 5) is 41.3. The number of methoxy groups -OCH3 is 1. The zero-order valence-electron chi connectivity index (χ0n) is 18.3. The van der Waals surface area contributed by atoms with E-state index >= 15 is 0 Å². The lowest BCUT2D eigenvalue weighted by atomic mass is 10.1. The number of halogens is 1. The number of nitrogens with two attached hydrogens (primary N) is 1. The molecule has 0 saturated carbocycles. The molecule has 0 radical (unpaired) electrons. The van der Waals surface area contributed by atoms with Gasteiger partial charge in [-0.05, 0) is 36.4 Å². The van der Waals surface area contributed by atoms with Gasteiger partial charge in [0, 0.05) is 10.9 Å². The van der Waals surface area contributed by atoms with Gasteiger partial charge in [-0.3, -0.25) is 25.2 Å². The first kappa shape index (κ1) is 23.6. The number of hydrogen-bond acceptors (Lipinski definition) is 7. The number of nitrogens with one attached hydrogen (secondary N) is 2. The molecule has 10 nitrogen and oxygen atoms in total. The fraction of sp³-hybridized carbons (Fsp3) is 0.0833. The van der Waals surface area contributed by atoms with Crippen molar-refractivity contribution in [1.82, 2.24) is 15.8 Å². The number of furan rings is 1. The predicted octanol–water partition coefficient (Wildman–Crippen LogP) is 3.10. The van der Waals surface area contributed by atoms with Crippen molar-refractivity contribution >= 4 is 40.2 Å². The van der Waals surface area contributed by atoms with E-state index in [1.54, 1.807) is 42.5 Å². The van der Waals surface area contributed by atoms with Crippen LogP contribution >= 0.6 is 11.6 Å². The molecule has 11 heteroatoms. The summed E-state index contributed by atoms with van der Waals surface area (Å²) < 4.78 is 15.9.